The van der Waals surface area contributed by atoms with Crippen molar-refractivity contribution in [1.82, 2.24) is 5.32 Å². The van der Waals surface area contributed by atoms with Gasteiger partial charge in [0.1, 0.15) is 6.61 Å². The predicted molar refractivity (Wildman–Crippen MR) is 80.8 cm³/mol. The molecule has 1 heterocycles. The summed E-state index contributed by atoms with van der Waals surface area (Å²) in [6.45, 7) is 2.51. The Balaban J connectivity index is 1.99. The number of hydrogen-bond donors (Lipinski definition) is 2. The number of nitrogens with one attached hydrogen (secondary N) is 1. The fourth-order valence-electron chi connectivity index (χ4n) is 1.76. The maximum Gasteiger partial charge on any atom is 0.261 e. The van der Waals surface area contributed by atoms with Crippen molar-refractivity contribution in [2.75, 3.05) is 19.4 Å². The van der Waals surface area contributed by atoms with Gasteiger partial charge >= 0.3 is 0 Å². The minimum absolute atomic E-state index is 0.0227. The van der Waals surface area contributed by atoms with Crippen molar-refractivity contribution in [1.29, 1.82) is 0 Å². The molecule has 1 saturated carbocycles. The normalized spacial score (nSPS) is 15.5. The zero-order chi connectivity index (χ0) is 13.9. The molecule has 19 heavy (non-hydrogen) atoms. The number of rotatable bonds is 4. The maximum atomic E-state index is 12.1. The number of thioether (sulfide) groups is 1. The number of aryl methyl sites for hydroxylation is 1. The summed E-state index contributed by atoms with van der Waals surface area (Å²) in [6.07, 6.45) is 4.47. The van der Waals surface area contributed by atoms with Gasteiger partial charge in [-0.25, -0.2) is 0 Å². The van der Waals surface area contributed by atoms with Gasteiger partial charge in [0.25, 0.3) is 5.91 Å². The lowest BCUT2D eigenvalue weighted by molar-refractivity contribution is 0.0957. The average Bonchev–Trinajstić information content (AvgIpc) is 3.11. The molecule has 0 bridgehead atoms. The molecule has 0 radical (unpaired) electrons. The monoisotopic (exact) mass is 295 g/mol. The summed E-state index contributed by atoms with van der Waals surface area (Å²) in [6, 6.07) is 1.86. The smallest absolute Gasteiger partial charge is 0.261 e. The van der Waals surface area contributed by atoms with Crippen molar-refractivity contribution in [2.45, 2.75) is 24.5 Å². The molecule has 3 nitrogen and oxygen atoms in total. The highest BCUT2D eigenvalue weighted by Crippen LogP contribution is 2.46. The Morgan fingerprint density at radius 2 is 2.37 bits per heavy atom. The highest BCUT2D eigenvalue weighted by atomic mass is 32.2. The molecule has 0 aromatic carbocycles. The van der Waals surface area contributed by atoms with Gasteiger partial charge in [-0.3, -0.25) is 4.79 Å². The van der Waals surface area contributed by atoms with Crippen LogP contribution in [-0.4, -0.2) is 35.2 Å². The molecule has 2 rings (SSSR count). The lowest BCUT2D eigenvalue weighted by Gasteiger charge is -2.12. The molecule has 1 aliphatic carbocycles. The standard InChI is InChI=1S/C14H17NO2S2/c1-10-8-12(19-11(10)4-3-7-16)13(17)15-9-14(18-2)5-6-14/h8,16H,5-7,9H2,1-2H3,(H,15,17). The lowest BCUT2D eigenvalue weighted by atomic mass is 10.2. The molecule has 102 valence electrons. The molecule has 1 aromatic rings. The highest BCUT2D eigenvalue weighted by molar-refractivity contribution is 8.00. The van der Waals surface area contributed by atoms with E-state index in [2.05, 4.69) is 23.4 Å². The van der Waals surface area contributed by atoms with Crippen LogP contribution in [0.5, 0.6) is 0 Å². The first-order valence-corrected chi connectivity index (χ1v) is 8.18. The third kappa shape index (κ3) is 3.53. The van der Waals surface area contributed by atoms with Crippen LogP contribution in [0.15, 0.2) is 6.07 Å². The van der Waals surface area contributed by atoms with Gasteiger partial charge in [-0.1, -0.05) is 11.8 Å². The predicted octanol–water partition coefficient (Wildman–Crippen LogP) is 2.03. The van der Waals surface area contributed by atoms with Crippen LogP contribution in [0, 0.1) is 18.8 Å². The van der Waals surface area contributed by atoms with Crippen LogP contribution in [0.3, 0.4) is 0 Å². The molecule has 0 saturated heterocycles. The van der Waals surface area contributed by atoms with Gasteiger partial charge in [0, 0.05) is 11.3 Å². The third-order valence-electron chi connectivity index (χ3n) is 3.23. The van der Waals surface area contributed by atoms with Gasteiger partial charge in [0.15, 0.2) is 0 Å². The fourth-order valence-corrected chi connectivity index (χ4v) is 3.45. The van der Waals surface area contributed by atoms with E-state index < -0.39 is 0 Å². The summed E-state index contributed by atoms with van der Waals surface area (Å²) >= 11 is 3.22. The second-order valence-corrected chi connectivity index (χ2v) is 6.98. The SMILES string of the molecule is CSC1(CNC(=O)c2cc(C)c(C#CCO)s2)CC1. The van der Waals surface area contributed by atoms with Crippen LogP contribution in [-0.2, 0) is 0 Å². The van der Waals surface area contributed by atoms with Crippen molar-refractivity contribution in [2.24, 2.45) is 0 Å². The number of thiophene rings is 1. The molecular weight excluding hydrogens is 278 g/mol. The van der Waals surface area contributed by atoms with Crippen LogP contribution >= 0.6 is 23.1 Å². The number of carbonyl (C=O) groups is 1. The zero-order valence-corrected chi connectivity index (χ0v) is 12.7. The van der Waals surface area contributed by atoms with E-state index in [1.165, 1.54) is 24.2 Å². The first kappa shape index (κ1) is 14.4. The minimum Gasteiger partial charge on any atom is -0.384 e. The Morgan fingerprint density at radius 3 is 2.95 bits per heavy atom. The maximum absolute atomic E-state index is 12.1. The Bertz CT molecular complexity index is 535. The number of aliphatic hydroxyl groups excluding tert-OH is 1. The summed E-state index contributed by atoms with van der Waals surface area (Å²) in [5.74, 6) is 5.46. The second-order valence-electron chi connectivity index (χ2n) is 4.65. The number of aliphatic hydroxyl groups is 1. The van der Waals surface area contributed by atoms with Crippen molar-refractivity contribution >= 4 is 29.0 Å². The molecule has 1 aliphatic rings. The van der Waals surface area contributed by atoms with Gasteiger partial charge in [0.2, 0.25) is 0 Å². The van der Waals surface area contributed by atoms with Gasteiger partial charge in [-0.2, -0.15) is 11.8 Å². The van der Waals surface area contributed by atoms with Crippen molar-refractivity contribution in [3.8, 4) is 11.8 Å². The molecule has 5 heteroatoms. The number of amides is 1. The summed E-state index contributed by atoms with van der Waals surface area (Å²) in [5.41, 5.74) is 0.988. The van der Waals surface area contributed by atoms with Gasteiger partial charge in [-0.15, -0.1) is 11.3 Å². The van der Waals surface area contributed by atoms with Crippen molar-refractivity contribution in [3.05, 3.63) is 21.4 Å². The Hall–Kier alpha value is -0.960. The summed E-state index contributed by atoms with van der Waals surface area (Å²) in [7, 11) is 0. The summed E-state index contributed by atoms with van der Waals surface area (Å²) in [4.78, 5) is 13.6. The minimum atomic E-state index is -0.158. The molecule has 0 aliphatic heterocycles. The van der Waals surface area contributed by atoms with E-state index >= 15 is 0 Å². The molecule has 0 unspecified atom stereocenters. The molecule has 1 aromatic heterocycles. The number of hydrogen-bond acceptors (Lipinski definition) is 4. The number of carbonyl (C=O) groups excluding carboxylic acids is 1. The van der Waals surface area contributed by atoms with Crippen molar-refractivity contribution in [3.63, 3.8) is 0 Å². The largest absolute Gasteiger partial charge is 0.384 e. The molecular formula is C14H17NO2S2. The first-order chi connectivity index (χ1) is 9.10. The van der Waals surface area contributed by atoms with E-state index in [4.69, 9.17) is 5.11 Å². The van der Waals surface area contributed by atoms with E-state index in [9.17, 15) is 4.79 Å². The van der Waals surface area contributed by atoms with Gasteiger partial charge in [0.05, 0.1) is 9.75 Å². The second kappa shape index (κ2) is 6.00. The van der Waals surface area contributed by atoms with Crippen LogP contribution in [0.1, 0.15) is 33.0 Å². The lowest BCUT2D eigenvalue weighted by Crippen LogP contribution is -2.31. The Morgan fingerprint density at radius 1 is 1.63 bits per heavy atom. The third-order valence-corrected chi connectivity index (χ3v) is 5.80. The van der Waals surface area contributed by atoms with Crippen LogP contribution < -0.4 is 5.32 Å². The molecule has 1 fully saturated rings. The Labute approximate surface area is 121 Å². The van der Waals surface area contributed by atoms with E-state index in [-0.39, 0.29) is 17.3 Å². The molecule has 2 N–H and O–H groups in total. The molecule has 1 amide bonds. The van der Waals surface area contributed by atoms with Crippen LogP contribution in [0.25, 0.3) is 0 Å². The van der Waals surface area contributed by atoms with Gasteiger partial charge in [-0.05, 0) is 37.7 Å². The van der Waals surface area contributed by atoms with Crippen LogP contribution in [0.4, 0.5) is 0 Å². The molecule has 0 spiro atoms. The fraction of sp³-hybridized carbons (Fsp3) is 0.500. The van der Waals surface area contributed by atoms with Gasteiger partial charge < -0.3 is 10.4 Å². The van der Waals surface area contributed by atoms with E-state index in [1.807, 2.05) is 24.8 Å². The average molecular weight is 295 g/mol. The highest BCUT2D eigenvalue weighted by Gasteiger charge is 2.42. The molecule has 0 atom stereocenters. The van der Waals surface area contributed by atoms with E-state index in [0.29, 0.717) is 4.88 Å². The quantitative estimate of drug-likeness (QED) is 0.836. The topological polar surface area (TPSA) is 49.3 Å². The first-order valence-electron chi connectivity index (χ1n) is 6.14. The zero-order valence-electron chi connectivity index (χ0n) is 11.1. The van der Waals surface area contributed by atoms with Crippen molar-refractivity contribution < 1.29 is 9.90 Å². The van der Waals surface area contributed by atoms with E-state index in [0.717, 1.165) is 17.0 Å². The Kier molecular flexibility index (Phi) is 4.56. The summed E-state index contributed by atoms with van der Waals surface area (Å²) < 4.78 is 0.279. The van der Waals surface area contributed by atoms with Crippen LogP contribution in [0.2, 0.25) is 0 Å². The summed E-state index contributed by atoms with van der Waals surface area (Å²) in [5, 5.41) is 11.7. The van der Waals surface area contributed by atoms with E-state index in [1.54, 1.807) is 0 Å².